The number of alkyl halides is 4. The summed E-state index contributed by atoms with van der Waals surface area (Å²) in [6, 6.07) is 1.92. The van der Waals surface area contributed by atoms with Gasteiger partial charge in [-0.3, -0.25) is 24.7 Å². The average Bonchev–Trinajstić information content (AvgIpc) is 3.12. The number of carbonyl (C=O) groups excluding carboxylic acids is 2. The van der Waals surface area contributed by atoms with Crippen LogP contribution in [0.25, 0.3) is 0 Å². The molecule has 2 amide bonds. The van der Waals surface area contributed by atoms with Crippen LogP contribution in [0.2, 0.25) is 0 Å². The van der Waals surface area contributed by atoms with Crippen molar-refractivity contribution in [2.45, 2.75) is 30.7 Å². The lowest BCUT2D eigenvalue weighted by Crippen LogP contribution is -2.43. The Morgan fingerprint density at radius 3 is 2.32 bits per heavy atom. The zero-order chi connectivity index (χ0) is 27.1. The molecule has 0 spiro atoms. The molecule has 3 heterocycles. The molecule has 15 heteroatoms. The van der Waals surface area contributed by atoms with Crippen molar-refractivity contribution in [2.24, 2.45) is 0 Å². The van der Waals surface area contributed by atoms with Crippen molar-refractivity contribution in [1.29, 1.82) is 0 Å². The minimum Gasteiger partial charge on any atom is -0.369 e. The van der Waals surface area contributed by atoms with E-state index in [2.05, 4.69) is 42.2 Å². The van der Waals surface area contributed by atoms with E-state index in [1.807, 2.05) is 0 Å². The molecule has 1 aromatic heterocycles. The van der Waals surface area contributed by atoms with Crippen molar-refractivity contribution in [2.75, 3.05) is 31.5 Å². The zero-order valence-electron chi connectivity index (χ0n) is 18.9. The summed E-state index contributed by atoms with van der Waals surface area (Å²) in [6.07, 6.45) is 1.48. The fourth-order valence-corrected chi connectivity index (χ4v) is 5.05. The van der Waals surface area contributed by atoms with E-state index in [1.54, 1.807) is 0 Å². The number of likely N-dealkylation sites (tertiary alicyclic amines) is 2. The average molecular weight is 653 g/mol. The number of amides is 2. The van der Waals surface area contributed by atoms with E-state index in [0.29, 0.717) is 4.47 Å². The summed E-state index contributed by atoms with van der Waals surface area (Å²) in [5, 5.41) is 14.2. The zero-order valence-corrected chi connectivity index (χ0v) is 22.1. The smallest absolute Gasteiger partial charge is 0.294 e. The van der Waals surface area contributed by atoms with Crippen LogP contribution in [-0.4, -0.2) is 75.6 Å². The van der Waals surface area contributed by atoms with Gasteiger partial charge in [-0.1, -0.05) is 15.9 Å². The summed E-state index contributed by atoms with van der Waals surface area (Å²) in [4.78, 5) is 42.8. The number of rotatable bonds is 5. The molecule has 1 aromatic carbocycles. The molecule has 2 saturated heterocycles. The summed E-state index contributed by atoms with van der Waals surface area (Å²) in [5.74, 6) is -7.97. The van der Waals surface area contributed by atoms with Crippen molar-refractivity contribution in [3.8, 4) is 0 Å². The van der Waals surface area contributed by atoms with E-state index >= 15 is 8.78 Å². The Labute approximate surface area is 224 Å². The van der Waals surface area contributed by atoms with Gasteiger partial charge < -0.3 is 15.1 Å². The highest BCUT2D eigenvalue weighted by Crippen LogP contribution is 2.39. The summed E-state index contributed by atoms with van der Waals surface area (Å²) in [5.41, 5.74) is -1.38. The summed E-state index contributed by atoms with van der Waals surface area (Å²) in [6.45, 7) is -2.08. The SMILES string of the molecule is O=C(c1cncc(Br)c1)N1CC(Nc2c(C(=O)N3CCC(F)(F)CC3)cc(Br)cc2[N+](=O)[O-])C(F)(F)C1. The van der Waals surface area contributed by atoms with Gasteiger partial charge in [-0.05, 0) is 28.1 Å². The Bertz CT molecular complexity index is 1260. The maximum atomic E-state index is 15.0. The highest BCUT2D eigenvalue weighted by molar-refractivity contribution is 9.10. The number of nitrogens with one attached hydrogen (secondary N) is 1. The largest absolute Gasteiger partial charge is 0.369 e. The first-order valence-corrected chi connectivity index (χ1v) is 12.6. The molecule has 2 aromatic rings. The maximum Gasteiger partial charge on any atom is 0.294 e. The number of carbonyl (C=O) groups is 2. The molecule has 37 heavy (non-hydrogen) atoms. The lowest BCUT2D eigenvalue weighted by atomic mass is 10.0. The van der Waals surface area contributed by atoms with Crippen LogP contribution in [-0.2, 0) is 0 Å². The van der Waals surface area contributed by atoms with Gasteiger partial charge in [-0.2, -0.15) is 0 Å². The number of anilines is 1. The molecule has 4 rings (SSSR count). The Morgan fingerprint density at radius 1 is 1.03 bits per heavy atom. The van der Waals surface area contributed by atoms with Crippen LogP contribution < -0.4 is 5.32 Å². The molecular formula is C22H19Br2F4N5O4. The van der Waals surface area contributed by atoms with Crippen molar-refractivity contribution in [3.63, 3.8) is 0 Å². The number of pyridine rings is 1. The Kier molecular flexibility index (Phi) is 7.48. The molecule has 9 nitrogen and oxygen atoms in total. The molecule has 1 atom stereocenters. The predicted octanol–water partition coefficient (Wildman–Crippen LogP) is 4.96. The van der Waals surface area contributed by atoms with Gasteiger partial charge >= 0.3 is 0 Å². The van der Waals surface area contributed by atoms with Crippen LogP contribution in [0.3, 0.4) is 0 Å². The second kappa shape index (κ2) is 10.2. The summed E-state index contributed by atoms with van der Waals surface area (Å²) < 4.78 is 57.9. The van der Waals surface area contributed by atoms with E-state index in [4.69, 9.17) is 0 Å². The maximum absolute atomic E-state index is 15.0. The molecular weight excluding hydrogens is 634 g/mol. The number of hydrogen-bond acceptors (Lipinski definition) is 6. The second-order valence-corrected chi connectivity index (χ2v) is 10.6. The van der Waals surface area contributed by atoms with E-state index in [1.165, 1.54) is 24.5 Å². The number of nitro groups is 1. The third-order valence-corrected chi connectivity index (χ3v) is 7.06. The number of aromatic nitrogens is 1. The Hall–Kier alpha value is -2.81. The molecule has 0 aliphatic carbocycles. The fraction of sp³-hybridized carbons (Fsp3) is 0.409. The van der Waals surface area contributed by atoms with Gasteiger partial charge in [0.2, 0.25) is 0 Å². The van der Waals surface area contributed by atoms with Crippen LogP contribution in [0.4, 0.5) is 28.9 Å². The molecule has 0 saturated carbocycles. The fourth-order valence-electron chi connectivity index (χ4n) is 4.24. The minimum absolute atomic E-state index is 0.0678. The number of piperidine rings is 1. The van der Waals surface area contributed by atoms with Gasteiger partial charge in [0.25, 0.3) is 29.3 Å². The topological polar surface area (TPSA) is 109 Å². The van der Waals surface area contributed by atoms with Crippen LogP contribution in [0, 0.1) is 10.1 Å². The lowest BCUT2D eigenvalue weighted by Gasteiger charge is -2.32. The molecule has 198 valence electrons. The molecule has 1 unspecified atom stereocenters. The number of halogens is 6. The van der Waals surface area contributed by atoms with E-state index in [-0.39, 0.29) is 28.7 Å². The number of nitrogens with zero attached hydrogens (tertiary/aromatic N) is 4. The predicted molar refractivity (Wildman–Crippen MR) is 131 cm³/mol. The summed E-state index contributed by atoms with van der Waals surface area (Å²) >= 11 is 6.25. The van der Waals surface area contributed by atoms with Crippen LogP contribution in [0.5, 0.6) is 0 Å². The highest BCUT2D eigenvalue weighted by Gasteiger charge is 2.51. The third kappa shape index (κ3) is 5.87. The number of nitro benzene ring substituents is 1. The molecule has 0 bridgehead atoms. The van der Waals surface area contributed by atoms with Gasteiger partial charge in [-0.25, -0.2) is 17.6 Å². The first-order chi connectivity index (χ1) is 17.3. The first-order valence-electron chi connectivity index (χ1n) is 11.0. The molecule has 2 aliphatic rings. The lowest BCUT2D eigenvalue weighted by molar-refractivity contribution is -0.384. The number of benzene rings is 1. The summed E-state index contributed by atoms with van der Waals surface area (Å²) in [7, 11) is 0. The van der Waals surface area contributed by atoms with E-state index in [9.17, 15) is 28.5 Å². The van der Waals surface area contributed by atoms with Crippen molar-refractivity contribution in [1.82, 2.24) is 14.8 Å². The quantitative estimate of drug-likeness (QED) is 0.278. The molecule has 2 fully saturated rings. The van der Waals surface area contributed by atoms with Gasteiger partial charge in [-0.15, -0.1) is 0 Å². The monoisotopic (exact) mass is 651 g/mol. The van der Waals surface area contributed by atoms with Gasteiger partial charge in [0.05, 0.1) is 22.6 Å². The van der Waals surface area contributed by atoms with Crippen molar-refractivity contribution >= 4 is 55.0 Å². The van der Waals surface area contributed by atoms with Gasteiger partial charge in [0.1, 0.15) is 11.7 Å². The van der Waals surface area contributed by atoms with Gasteiger partial charge in [0, 0.05) is 59.9 Å². The van der Waals surface area contributed by atoms with Crippen LogP contribution >= 0.6 is 31.9 Å². The Morgan fingerprint density at radius 2 is 1.70 bits per heavy atom. The second-order valence-electron chi connectivity index (χ2n) is 8.79. The first kappa shape index (κ1) is 27.2. The normalized spacial score (nSPS) is 20.5. The molecule has 2 aliphatic heterocycles. The van der Waals surface area contributed by atoms with E-state index in [0.717, 1.165) is 15.9 Å². The van der Waals surface area contributed by atoms with Crippen LogP contribution in [0.15, 0.2) is 39.5 Å². The van der Waals surface area contributed by atoms with Crippen molar-refractivity contribution in [3.05, 3.63) is 60.8 Å². The molecule has 0 radical (unpaired) electrons. The molecule has 1 N–H and O–H groups in total. The van der Waals surface area contributed by atoms with Crippen LogP contribution in [0.1, 0.15) is 33.6 Å². The van der Waals surface area contributed by atoms with E-state index < -0.39 is 71.9 Å². The number of hydrogen-bond donors (Lipinski definition) is 1. The Balaban J connectivity index is 1.64. The minimum atomic E-state index is -3.51. The van der Waals surface area contributed by atoms with Gasteiger partial charge in [0.15, 0.2) is 0 Å². The standard InChI is InChI=1S/C22H19Br2F4N5O4/c23-13-6-15(20(35)31-3-1-21(25,26)2-4-31)18(16(7-13)33(36)37)30-17-10-32(11-22(17,27)28)19(34)12-5-14(24)9-29-8-12/h5-9,17,30H,1-4,10-11H2. The van der Waals surface area contributed by atoms with Crippen molar-refractivity contribution < 1.29 is 32.1 Å². The third-order valence-electron chi connectivity index (χ3n) is 6.16. The highest BCUT2D eigenvalue weighted by atomic mass is 79.9.